The van der Waals surface area contributed by atoms with E-state index in [1.54, 1.807) is 31.0 Å². The second-order valence-corrected chi connectivity index (χ2v) is 5.69. The lowest BCUT2D eigenvalue weighted by Gasteiger charge is -2.15. The molecule has 2 rings (SSSR count). The van der Waals surface area contributed by atoms with E-state index in [4.69, 9.17) is 9.47 Å². The van der Waals surface area contributed by atoms with Crippen molar-refractivity contribution in [3.63, 3.8) is 0 Å². The molecule has 21 heavy (non-hydrogen) atoms. The average molecular weight is 302 g/mol. The minimum Gasteiger partial charge on any atom is -0.497 e. The van der Waals surface area contributed by atoms with Crippen LogP contribution < -0.4 is 9.47 Å². The summed E-state index contributed by atoms with van der Waals surface area (Å²) in [6.45, 7) is 2.11. The van der Waals surface area contributed by atoms with Crippen molar-refractivity contribution in [2.75, 3.05) is 12.9 Å². The first kappa shape index (κ1) is 15.4. The Morgan fingerprint density at radius 3 is 2.48 bits per heavy atom. The lowest BCUT2D eigenvalue weighted by molar-refractivity contribution is -0.113. The van der Waals surface area contributed by atoms with Crippen LogP contribution in [0.3, 0.4) is 0 Å². The molecule has 0 radical (unpaired) electrons. The summed E-state index contributed by atoms with van der Waals surface area (Å²) < 4.78 is 10.9. The molecule has 0 spiro atoms. The Labute approximate surface area is 129 Å². The van der Waals surface area contributed by atoms with E-state index in [0.717, 1.165) is 17.6 Å². The van der Waals surface area contributed by atoms with Gasteiger partial charge >= 0.3 is 0 Å². The molecule has 4 heteroatoms. The van der Waals surface area contributed by atoms with Gasteiger partial charge in [0.1, 0.15) is 11.5 Å². The third kappa shape index (κ3) is 4.26. The van der Waals surface area contributed by atoms with E-state index in [1.807, 2.05) is 36.4 Å². The quantitative estimate of drug-likeness (QED) is 0.569. The van der Waals surface area contributed by atoms with Gasteiger partial charge in [0, 0.05) is 11.0 Å². The minimum atomic E-state index is -0.613. The molecule has 1 unspecified atom stereocenters. The van der Waals surface area contributed by atoms with Crippen LogP contribution in [0.1, 0.15) is 18.6 Å². The number of thioether (sulfide) groups is 1. The molecular weight excluding hydrogens is 284 g/mol. The zero-order valence-corrected chi connectivity index (χ0v) is 12.9. The van der Waals surface area contributed by atoms with Crippen molar-refractivity contribution in [1.82, 2.24) is 0 Å². The standard InChI is InChI=1S/C17H18O3S/c1-3-21-16-9-7-13(8-10-16)17(12-18)20-15-6-4-5-14(11-15)19-2/h4-12,17H,3H2,1-2H3. The van der Waals surface area contributed by atoms with Crippen LogP contribution in [0, 0.1) is 0 Å². The van der Waals surface area contributed by atoms with Crippen LogP contribution in [0.4, 0.5) is 0 Å². The molecule has 0 saturated carbocycles. The van der Waals surface area contributed by atoms with Crippen molar-refractivity contribution in [3.05, 3.63) is 54.1 Å². The van der Waals surface area contributed by atoms with E-state index in [2.05, 4.69) is 6.92 Å². The molecule has 0 heterocycles. The Kier molecular flexibility index (Phi) is 5.69. The van der Waals surface area contributed by atoms with Gasteiger partial charge in [-0.05, 0) is 35.6 Å². The van der Waals surface area contributed by atoms with E-state index < -0.39 is 6.10 Å². The molecule has 0 aliphatic carbocycles. The van der Waals surface area contributed by atoms with Gasteiger partial charge in [-0.15, -0.1) is 11.8 Å². The van der Waals surface area contributed by atoms with Gasteiger partial charge in [0.2, 0.25) is 0 Å². The van der Waals surface area contributed by atoms with Crippen LogP contribution in [-0.2, 0) is 4.79 Å². The van der Waals surface area contributed by atoms with Crippen molar-refractivity contribution in [3.8, 4) is 11.5 Å². The molecule has 0 amide bonds. The number of rotatable bonds is 7. The minimum absolute atomic E-state index is 0.610. The topological polar surface area (TPSA) is 35.5 Å². The van der Waals surface area contributed by atoms with Crippen LogP contribution in [0.25, 0.3) is 0 Å². The summed E-state index contributed by atoms with van der Waals surface area (Å²) in [5.74, 6) is 2.34. The summed E-state index contributed by atoms with van der Waals surface area (Å²) in [5, 5.41) is 0. The van der Waals surface area contributed by atoms with Gasteiger partial charge in [-0.3, -0.25) is 4.79 Å². The van der Waals surface area contributed by atoms with Crippen molar-refractivity contribution >= 4 is 18.0 Å². The largest absolute Gasteiger partial charge is 0.497 e. The fourth-order valence-corrected chi connectivity index (χ4v) is 2.58. The molecule has 0 aromatic heterocycles. The van der Waals surface area contributed by atoms with Crippen molar-refractivity contribution in [1.29, 1.82) is 0 Å². The molecule has 0 fully saturated rings. The van der Waals surface area contributed by atoms with Gasteiger partial charge in [-0.1, -0.05) is 25.1 Å². The summed E-state index contributed by atoms with van der Waals surface area (Å²) in [7, 11) is 1.60. The third-order valence-corrected chi connectivity index (χ3v) is 3.84. The van der Waals surface area contributed by atoms with E-state index in [0.29, 0.717) is 11.5 Å². The van der Waals surface area contributed by atoms with Crippen molar-refractivity contribution in [2.24, 2.45) is 0 Å². The fraction of sp³-hybridized carbons (Fsp3) is 0.235. The normalized spacial score (nSPS) is 11.7. The monoisotopic (exact) mass is 302 g/mol. The number of hydrogen-bond donors (Lipinski definition) is 0. The number of carbonyl (C=O) groups is 1. The maximum Gasteiger partial charge on any atom is 0.179 e. The van der Waals surface area contributed by atoms with Crippen molar-refractivity contribution < 1.29 is 14.3 Å². The van der Waals surface area contributed by atoms with Crippen molar-refractivity contribution in [2.45, 2.75) is 17.9 Å². The van der Waals surface area contributed by atoms with Gasteiger partial charge in [0.05, 0.1) is 7.11 Å². The highest BCUT2D eigenvalue weighted by atomic mass is 32.2. The smallest absolute Gasteiger partial charge is 0.179 e. The van der Waals surface area contributed by atoms with E-state index >= 15 is 0 Å². The maximum absolute atomic E-state index is 11.3. The average Bonchev–Trinajstić information content (AvgIpc) is 2.54. The number of carbonyl (C=O) groups excluding carboxylic acids is 1. The first-order valence-electron chi connectivity index (χ1n) is 6.75. The molecule has 0 aliphatic heterocycles. The Morgan fingerprint density at radius 1 is 1.14 bits per heavy atom. The van der Waals surface area contributed by atoms with Crippen LogP contribution in [0.5, 0.6) is 11.5 Å². The van der Waals surface area contributed by atoms with Gasteiger partial charge in [0.25, 0.3) is 0 Å². The van der Waals surface area contributed by atoms with Crippen LogP contribution >= 0.6 is 11.8 Å². The SMILES string of the molecule is CCSc1ccc(C(C=O)Oc2cccc(OC)c2)cc1. The molecule has 0 saturated heterocycles. The zero-order chi connectivity index (χ0) is 15.1. The molecular formula is C17H18O3S. The highest BCUT2D eigenvalue weighted by Gasteiger charge is 2.12. The van der Waals surface area contributed by atoms with Crippen LogP contribution in [-0.4, -0.2) is 19.1 Å². The van der Waals surface area contributed by atoms with Gasteiger partial charge in [0.15, 0.2) is 12.4 Å². The Hall–Kier alpha value is -1.94. The van der Waals surface area contributed by atoms with Gasteiger partial charge < -0.3 is 9.47 Å². The first-order valence-corrected chi connectivity index (χ1v) is 7.74. The number of hydrogen-bond acceptors (Lipinski definition) is 4. The summed E-state index contributed by atoms with van der Waals surface area (Å²) in [6, 6.07) is 15.1. The second-order valence-electron chi connectivity index (χ2n) is 4.36. The third-order valence-electron chi connectivity index (χ3n) is 2.95. The predicted octanol–water partition coefficient (Wildman–Crippen LogP) is 4.13. The van der Waals surface area contributed by atoms with Crippen LogP contribution in [0.15, 0.2) is 53.4 Å². The molecule has 110 valence electrons. The number of aldehydes is 1. The molecule has 2 aromatic rings. The lowest BCUT2D eigenvalue weighted by Crippen LogP contribution is -2.08. The summed E-state index contributed by atoms with van der Waals surface area (Å²) in [4.78, 5) is 12.5. The summed E-state index contributed by atoms with van der Waals surface area (Å²) >= 11 is 1.77. The second kappa shape index (κ2) is 7.74. The Balaban J connectivity index is 2.13. The molecule has 3 nitrogen and oxygen atoms in total. The number of methoxy groups -OCH3 is 1. The molecule has 0 aliphatic rings. The van der Waals surface area contributed by atoms with Gasteiger partial charge in [-0.25, -0.2) is 0 Å². The fourth-order valence-electron chi connectivity index (χ4n) is 1.92. The lowest BCUT2D eigenvalue weighted by atomic mass is 10.1. The van der Waals surface area contributed by atoms with E-state index in [1.165, 1.54) is 4.90 Å². The van der Waals surface area contributed by atoms with Crippen LogP contribution in [0.2, 0.25) is 0 Å². The van der Waals surface area contributed by atoms with E-state index in [9.17, 15) is 4.79 Å². The maximum atomic E-state index is 11.3. The predicted molar refractivity (Wildman–Crippen MR) is 85.3 cm³/mol. The highest BCUT2D eigenvalue weighted by Crippen LogP contribution is 2.26. The zero-order valence-electron chi connectivity index (χ0n) is 12.1. The Morgan fingerprint density at radius 2 is 1.86 bits per heavy atom. The summed E-state index contributed by atoms with van der Waals surface area (Å²) in [6.07, 6.45) is 0.194. The summed E-state index contributed by atoms with van der Waals surface area (Å²) in [5.41, 5.74) is 0.841. The first-order chi connectivity index (χ1) is 10.3. The molecule has 2 aromatic carbocycles. The van der Waals surface area contributed by atoms with E-state index in [-0.39, 0.29) is 0 Å². The number of ether oxygens (including phenoxy) is 2. The van der Waals surface area contributed by atoms with Gasteiger partial charge in [-0.2, -0.15) is 0 Å². The number of benzene rings is 2. The molecule has 0 N–H and O–H groups in total. The molecule has 0 bridgehead atoms. The highest BCUT2D eigenvalue weighted by molar-refractivity contribution is 7.99. The molecule has 1 atom stereocenters. The Bertz CT molecular complexity index is 581.